The first-order valence-electron chi connectivity index (χ1n) is 12.8. The summed E-state index contributed by atoms with van der Waals surface area (Å²) in [5, 5.41) is 2.42. The van der Waals surface area contributed by atoms with Crippen LogP contribution in [0.5, 0.6) is 5.75 Å². The van der Waals surface area contributed by atoms with E-state index in [1.807, 2.05) is 24.4 Å². The van der Waals surface area contributed by atoms with Crippen LogP contribution in [0.15, 0.2) is 66.9 Å². The largest absolute Gasteiger partial charge is 0.573 e. The Balaban J connectivity index is 1.31. The van der Waals surface area contributed by atoms with Crippen molar-refractivity contribution in [2.24, 2.45) is 5.73 Å². The highest BCUT2D eigenvalue weighted by Crippen LogP contribution is 2.34. The van der Waals surface area contributed by atoms with Crippen LogP contribution in [0.2, 0.25) is 10.0 Å². The third kappa shape index (κ3) is 6.70. The Bertz CT molecular complexity index is 1410. The minimum atomic E-state index is -4.72. The van der Waals surface area contributed by atoms with Crippen LogP contribution in [0.3, 0.4) is 0 Å². The average molecular weight is 577 g/mol. The molecule has 0 radical (unpaired) electrons. The molecule has 1 saturated heterocycles. The summed E-state index contributed by atoms with van der Waals surface area (Å²) in [5.74, 6) is -0.242. The van der Waals surface area contributed by atoms with Gasteiger partial charge in [0.2, 0.25) is 0 Å². The van der Waals surface area contributed by atoms with Gasteiger partial charge < -0.3 is 15.0 Å². The van der Waals surface area contributed by atoms with Crippen molar-refractivity contribution in [2.45, 2.75) is 26.0 Å². The van der Waals surface area contributed by atoms with Crippen LogP contribution in [-0.4, -0.2) is 53.5 Å². The zero-order valence-corrected chi connectivity index (χ0v) is 22.7. The molecule has 10 heteroatoms. The van der Waals surface area contributed by atoms with Gasteiger partial charge in [0.05, 0.1) is 0 Å². The van der Waals surface area contributed by atoms with E-state index >= 15 is 0 Å². The van der Waals surface area contributed by atoms with Crippen molar-refractivity contribution in [1.29, 1.82) is 0 Å². The quantitative estimate of drug-likeness (QED) is 0.251. The van der Waals surface area contributed by atoms with Gasteiger partial charge in [0.15, 0.2) is 0 Å². The van der Waals surface area contributed by atoms with Crippen molar-refractivity contribution < 1.29 is 17.9 Å². The molecule has 0 atom stereocenters. The van der Waals surface area contributed by atoms with Crippen molar-refractivity contribution in [2.75, 3.05) is 32.7 Å². The summed E-state index contributed by atoms with van der Waals surface area (Å²) < 4.78 is 43.9. The average Bonchev–Trinajstić information content (AvgIpc) is 3.25. The highest BCUT2D eigenvalue weighted by molar-refractivity contribution is 6.35. The Hall–Kier alpha value is -2.75. The number of alkyl halides is 3. The van der Waals surface area contributed by atoms with E-state index in [1.54, 1.807) is 12.1 Å². The number of nitrogens with two attached hydrogens (primary N) is 1. The maximum atomic E-state index is 12.6. The Kier molecular flexibility index (Phi) is 8.40. The number of fused-ring (bicyclic) bond motifs is 1. The number of piperazine rings is 1. The van der Waals surface area contributed by atoms with E-state index in [1.165, 1.54) is 17.7 Å². The van der Waals surface area contributed by atoms with Crippen LogP contribution in [0.25, 0.3) is 22.0 Å². The van der Waals surface area contributed by atoms with E-state index in [0.717, 1.165) is 66.9 Å². The lowest BCUT2D eigenvalue weighted by Gasteiger charge is -2.35. The maximum Gasteiger partial charge on any atom is 0.573 e. The number of rotatable bonds is 8. The Labute approximate surface area is 235 Å². The molecule has 2 heterocycles. The molecule has 0 unspecified atom stereocenters. The normalized spacial score (nSPS) is 15.2. The number of nitrogens with zero attached hydrogens (tertiary/aromatic N) is 3. The molecule has 0 bridgehead atoms. The van der Waals surface area contributed by atoms with E-state index in [4.69, 9.17) is 28.9 Å². The second-order valence-electron chi connectivity index (χ2n) is 9.70. The van der Waals surface area contributed by atoms with Gasteiger partial charge in [0.1, 0.15) is 5.75 Å². The topological polar surface area (TPSA) is 46.7 Å². The number of halogens is 5. The van der Waals surface area contributed by atoms with Gasteiger partial charge in [-0.15, -0.1) is 13.2 Å². The summed E-state index contributed by atoms with van der Waals surface area (Å²) in [6.45, 7) is 6.31. The lowest BCUT2D eigenvalue weighted by molar-refractivity contribution is -0.274. The predicted molar refractivity (Wildman–Crippen MR) is 150 cm³/mol. The first-order chi connectivity index (χ1) is 18.7. The lowest BCUT2D eigenvalue weighted by atomic mass is 10.0. The van der Waals surface area contributed by atoms with Gasteiger partial charge in [-0.05, 0) is 47.5 Å². The number of aromatic nitrogens is 1. The third-order valence-electron chi connectivity index (χ3n) is 7.03. The Morgan fingerprint density at radius 2 is 1.49 bits per heavy atom. The van der Waals surface area contributed by atoms with Crippen LogP contribution in [0.1, 0.15) is 11.1 Å². The minimum absolute atomic E-state index is 0.242. The van der Waals surface area contributed by atoms with Gasteiger partial charge in [-0.1, -0.05) is 47.5 Å². The summed E-state index contributed by atoms with van der Waals surface area (Å²) in [6.07, 6.45) is -2.71. The molecule has 2 N–H and O–H groups in total. The Morgan fingerprint density at radius 1 is 0.846 bits per heavy atom. The molecule has 39 heavy (non-hydrogen) atoms. The van der Waals surface area contributed by atoms with Crippen LogP contribution >= 0.6 is 23.2 Å². The van der Waals surface area contributed by atoms with Crippen molar-refractivity contribution in [3.8, 4) is 16.9 Å². The first kappa shape index (κ1) is 27.8. The number of hydrogen-bond donors (Lipinski definition) is 1. The first-order valence-corrected chi connectivity index (χ1v) is 13.5. The van der Waals surface area contributed by atoms with E-state index in [9.17, 15) is 13.2 Å². The monoisotopic (exact) mass is 576 g/mol. The van der Waals surface area contributed by atoms with Gasteiger partial charge in [-0.3, -0.25) is 9.80 Å². The highest BCUT2D eigenvalue weighted by Gasteiger charge is 2.31. The molecule has 0 aliphatic carbocycles. The molecule has 0 saturated carbocycles. The van der Waals surface area contributed by atoms with Crippen molar-refractivity contribution in [3.63, 3.8) is 0 Å². The van der Waals surface area contributed by atoms with Gasteiger partial charge in [-0.25, -0.2) is 0 Å². The van der Waals surface area contributed by atoms with E-state index in [0.29, 0.717) is 23.1 Å². The van der Waals surface area contributed by atoms with Gasteiger partial charge in [0.25, 0.3) is 0 Å². The minimum Gasteiger partial charge on any atom is -0.406 e. The van der Waals surface area contributed by atoms with Crippen LogP contribution in [0, 0.1) is 0 Å². The zero-order chi connectivity index (χ0) is 27.6. The molecule has 0 amide bonds. The summed E-state index contributed by atoms with van der Waals surface area (Å²) in [5.41, 5.74) is 10.8. The molecule has 1 aliphatic heterocycles. The lowest BCUT2D eigenvalue weighted by Crippen LogP contribution is -2.45. The molecule has 5 rings (SSSR count). The fourth-order valence-corrected chi connectivity index (χ4v) is 5.62. The fraction of sp³-hybridized carbons (Fsp3) is 0.310. The molecule has 1 fully saturated rings. The number of benzene rings is 3. The van der Waals surface area contributed by atoms with Crippen molar-refractivity contribution in [3.05, 3.63) is 88.0 Å². The third-order valence-corrected chi connectivity index (χ3v) is 7.74. The van der Waals surface area contributed by atoms with Gasteiger partial charge >= 0.3 is 6.36 Å². The second kappa shape index (κ2) is 11.8. The van der Waals surface area contributed by atoms with Crippen molar-refractivity contribution >= 4 is 34.1 Å². The predicted octanol–water partition coefficient (Wildman–Crippen LogP) is 6.79. The van der Waals surface area contributed by atoms with E-state index in [-0.39, 0.29) is 5.75 Å². The van der Waals surface area contributed by atoms with Crippen LogP contribution in [0.4, 0.5) is 13.2 Å². The van der Waals surface area contributed by atoms with E-state index < -0.39 is 6.36 Å². The molecule has 4 aromatic rings. The molecular weight excluding hydrogens is 548 g/mol. The molecule has 1 aliphatic rings. The molecule has 5 nitrogen and oxygen atoms in total. The highest BCUT2D eigenvalue weighted by atomic mass is 35.5. The zero-order valence-electron chi connectivity index (χ0n) is 21.2. The molecule has 3 aromatic carbocycles. The number of ether oxygens (including phenoxy) is 1. The van der Waals surface area contributed by atoms with Crippen LogP contribution < -0.4 is 10.5 Å². The SMILES string of the molecule is NCCn1cc(-c2ccc(OC(F)(F)F)cc2)c2cc(CN3CCN(Cc4c(Cl)cccc4Cl)CC3)ccc21. The molecule has 1 aromatic heterocycles. The molecule has 0 spiro atoms. The van der Waals surface area contributed by atoms with Gasteiger partial charge in [-0.2, -0.15) is 0 Å². The summed E-state index contributed by atoms with van der Waals surface area (Å²) in [4.78, 5) is 4.79. The van der Waals surface area contributed by atoms with Crippen LogP contribution in [-0.2, 0) is 19.6 Å². The summed E-state index contributed by atoms with van der Waals surface area (Å²) >= 11 is 12.7. The van der Waals surface area contributed by atoms with E-state index in [2.05, 4.69) is 37.3 Å². The molecular formula is C29H29Cl2F3N4O. The standard InChI is InChI=1S/C29H29Cl2F3N4O/c30-26-2-1-3-27(31)25(26)18-37-14-12-36(13-15-37)17-20-4-9-28-23(16-20)24(19-38(28)11-10-35)21-5-7-22(8-6-21)39-29(32,33)34/h1-9,16,19H,10-15,17-18,35H2. The summed E-state index contributed by atoms with van der Waals surface area (Å²) in [6, 6.07) is 18.0. The van der Waals surface area contributed by atoms with Crippen molar-refractivity contribution in [1.82, 2.24) is 14.4 Å². The van der Waals surface area contributed by atoms with Gasteiger partial charge in [0, 0.05) is 90.6 Å². The number of hydrogen-bond acceptors (Lipinski definition) is 4. The smallest absolute Gasteiger partial charge is 0.406 e. The summed E-state index contributed by atoms with van der Waals surface area (Å²) in [7, 11) is 0. The second-order valence-corrected chi connectivity index (χ2v) is 10.5. The molecule has 206 valence electrons. The Morgan fingerprint density at radius 3 is 2.10 bits per heavy atom. The fourth-order valence-electron chi connectivity index (χ4n) is 5.10. The maximum absolute atomic E-state index is 12.6.